The van der Waals surface area contributed by atoms with Gasteiger partial charge in [0.25, 0.3) is 10.2 Å². The average Bonchev–Trinajstić information content (AvgIpc) is 2.44. The first-order chi connectivity index (χ1) is 9.60. The number of hydrogen-bond donors (Lipinski definition) is 2. The normalized spacial score (nSPS) is 11.9. The molecule has 0 radical (unpaired) electrons. The fourth-order valence-electron chi connectivity index (χ4n) is 1.61. The van der Waals surface area contributed by atoms with Gasteiger partial charge in [-0.15, -0.1) is 0 Å². The molecule has 0 amide bonds. The zero-order valence-electron chi connectivity index (χ0n) is 11.7. The van der Waals surface area contributed by atoms with Gasteiger partial charge in [0.15, 0.2) is 0 Å². The first kappa shape index (κ1) is 17.0. The molecule has 0 saturated heterocycles. The van der Waals surface area contributed by atoms with Crippen LogP contribution in [0.3, 0.4) is 0 Å². The van der Waals surface area contributed by atoms with Gasteiger partial charge < -0.3 is 10.5 Å². The van der Waals surface area contributed by atoms with E-state index in [0.29, 0.717) is 26.1 Å². The number of aromatic nitrogens is 1. The molecule has 0 aromatic carbocycles. The smallest absolute Gasteiger partial charge is 0.279 e. The van der Waals surface area contributed by atoms with E-state index in [1.807, 2.05) is 6.07 Å². The van der Waals surface area contributed by atoms with Crippen LogP contribution in [0.1, 0.15) is 12.0 Å². The minimum atomic E-state index is -3.55. The van der Waals surface area contributed by atoms with Crippen molar-refractivity contribution < 1.29 is 13.2 Å². The molecule has 0 aliphatic carbocycles. The maximum Gasteiger partial charge on any atom is 0.279 e. The van der Waals surface area contributed by atoms with Crippen LogP contribution in [-0.2, 0) is 21.5 Å². The van der Waals surface area contributed by atoms with Crippen LogP contribution in [0.4, 0.5) is 0 Å². The topological polar surface area (TPSA) is 97.5 Å². The summed E-state index contributed by atoms with van der Waals surface area (Å²) >= 11 is 0. The van der Waals surface area contributed by atoms with Gasteiger partial charge in [-0.05, 0) is 24.6 Å². The molecule has 3 N–H and O–H groups in total. The number of nitrogens with zero attached hydrogens (tertiary/aromatic N) is 2. The summed E-state index contributed by atoms with van der Waals surface area (Å²) < 4.78 is 33.1. The standard InChI is InChI=1S/C12H22N4O3S/c1-19-9-7-15-20(17,18)16(8-3-5-13)11-12-4-2-6-14-10-12/h2,4,6,10,15H,3,5,7-9,11,13H2,1H3. The van der Waals surface area contributed by atoms with Gasteiger partial charge in [0.1, 0.15) is 0 Å². The third kappa shape index (κ3) is 5.93. The quantitative estimate of drug-likeness (QED) is 0.579. The van der Waals surface area contributed by atoms with Gasteiger partial charge in [-0.1, -0.05) is 6.07 Å². The molecule has 0 unspecified atom stereocenters. The maximum absolute atomic E-state index is 12.2. The highest BCUT2D eigenvalue weighted by atomic mass is 32.2. The fraction of sp³-hybridized carbons (Fsp3) is 0.583. The largest absolute Gasteiger partial charge is 0.383 e. The number of methoxy groups -OCH3 is 1. The second kappa shape index (κ2) is 8.98. The van der Waals surface area contributed by atoms with Crippen molar-refractivity contribution in [3.63, 3.8) is 0 Å². The van der Waals surface area contributed by atoms with Gasteiger partial charge in [-0.25, -0.2) is 0 Å². The number of ether oxygens (including phenoxy) is 1. The van der Waals surface area contributed by atoms with Gasteiger partial charge in [0.2, 0.25) is 0 Å². The van der Waals surface area contributed by atoms with E-state index in [1.165, 1.54) is 11.4 Å². The Balaban J connectivity index is 2.72. The average molecular weight is 302 g/mol. The number of hydrogen-bond acceptors (Lipinski definition) is 5. The summed E-state index contributed by atoms with van der Waals surface area (Å²) in [7, 11) is -2.02. The van der Waals surface area contributed by atoms with Crippen molar-refractivity contribution in [2.24, 2.45) is 5.73 Å². The fourth-order valence-corrected chi connectivity index (χ4v) is 2.82. The Hall–Kier alpha value is -1.06. The molecular weight excluding hydrogens is 280 g/mol. The summed E-state index contributed by atoms with van der Waals surface area (Å²) in [6.45, 7) is 1.66. The predicted octanol–water partition coefficient (Wildman–Crippen LogP) is -0.287. The van der Waals surface area contributed by atoms with E-state index in [9.17, 15) is 8.42 Å². The van der Waals surface area contributed by atoms with E-state index >= 15 is 0 Å². The van der Waals surface area contributed by atoms with Gasteiger partial charge in [-0.3, -0.25) is 4.98 Å². The van der Waals surface area contributed by atoms with Crippen LogP contribution in [0.5, 0.6) is 0 Å². The molecule has 0 atom stereocenters. The minimum absolute atomic E-state index is 0.241. The lowest BCUT2D eigenvalue weighted by Gasteiger charge is -2.22. The summed E-state index contributed by atoms with van der Waals surface area (Å²) in [5.41, 5.74) is 6.30. The maximum atomic E-state index is 12.2. The molecule has 0 aliphatic rings. The highest BCUT2D eigenvalue weighted by Gasteiger charge is 2.21. The number of nitrogens with one attached hydrogen (secondary N) is 1. The Labute approximate surface area is 120 Å². The molecule has 0 saturated carbocycles. The molecule has 8 heteroatoms. The zero-order valence-corrected chi connectivity index (χ0v) is 12.5. The van der Waals surface area contributed by atoms with Crippen LogP contribution in [0.2, 0.25) is 0 Å². The Morgan fingerprint density at radius 1 is 1.50 bits per heavy atom. The van der Waals surface area contributed by atoms with Crippen molar-refractivity contribution in [3.05, 3.63) is 30.1 Å². The molecule has 0 aliphatic heterocycles. The highest BCUT2D eigenvalue weighted by Crippen LogP contribution is 2.07. The molecule has 0 spiro atoms. The lowest BCUT2D eigenvalue weighted by molar-refractivity contribution is 0.203. The van der Waals surface area contributed by atoms with Gasteiger partial charge in [0.05, 0.1) is 6.61 Å². The van der Waals surface area contributed by atoms with E-state index in [0.717, 1.165) is 5.56 Å². The third-order valence-corrected chi connectivity index (χ3v) is 4.18. The first-order valence-electron chi connectivity index (χ1n) is 6.43. The van der Waals surface area contributed by atoms with Crippen molar-refractivity contribution in [3.8, 4) is 0 Å². The molecule has 0 bridgehead atoms. The van der Waals surface area contributed by atoms with Crippen molar-refractivity contribution in [2.75, 3.05) is 33.4 Å². The molecule has 20 heavy (non-hydrogen) atoms. The molecule has 0 fully saturated rings. The highest BCUT2D eigenvalue weighted by molar-refractivity contribution is 7.87. The lowest BCUT2D eigenvalue weighted by Crippen LogP contribution is -2.42. The Bertz CT molecular complexity index is 467. The number of pyridine rings is 1. The first-order valence-corrected chi connectivity index (χ1v) is 7.87. The molecule has 1 aromatic heterocycles. The van der Waals surface area contributed by atoms with Crippen LogP contribution in [0.15, 0.2) is 24.5 Å². The summed E-state index contributed by atoms with van der Waals surface area (Å²) in [4.78, 5) is 3.99. The Morgan fingerprint density at radius 3 is 2.90 bits per heavy atom. The summed E-state index contributed by atoms with van der Waals surface area (Å²) in [5.74, 6) is 0. The van der Waals surface area contributed by atoms with E-state index in [4.69, 9.17) is 10.5 Å². The summed E-state index contributed by atoms with van der Waals surface area (Å²) in [6.07, 6.45) is 3.91. The van der Waals surface area contributed by atoms with Gasteiger partial charge >= 0.3 is 0 Å². The molecule has 1 aromatic rings. The van der Waals surface area contributed by atoms with Crippen molar-refractivity contribution in [1.29, 1.82) is 0 Å². The number of rotatable bonds is 10. The molecule has 114 valence electrons. The molecular formula is C12H22N4O3S. The van der Waals surface area contributed by atoms with Crippen LogP contribution in [0.25, 0.3) is 0 Å². The Morgan fingerprint density at radius 2 is 2.30 bits per heavy atom. The zero-order chi connectivity index (χ0) is 14.8. The lowest BCUT2D eigenvalue weighted by atomic mass is 10.3. The van der Waals surface area contributed by atoms with Crippen LogP contribution < -0.4 is 10.5 Å². The monoisotopic (exact) mass is 302 g/mol. The van der Waals surface area contributed by atoms with E-state index < -0.39 is 10.2 Å². The number of nitrogens with two attached hydrogens (primary N) is 1. The van der Waals surface area contributed by atoms with E-state index in [-0.39, 0.29) is 13.1 Å². The van der Waals surface area contributed by atoms with E-state index in [1.54, 1.807) is 18.5 Å². The van der Waals surface area contributed by atoms with E-state index in [2.05, 4.69) is 9.71 Å². The second-order valence-corrected chi connectivity index (χ2v) is 5.98. The summed E-state index contributed by atoms with van der Waals surface area (Å²) in [5, 5.41) is 0. The van der Waals surface area contributed by atoms with Gasteiger partial charge in [0, 0.05) is 39.1 Å². The van der Waals surface area contributed by atoms with Gasteiger partial charge in [-0.2, -0.15) is 17.4 Å². The summed E-state index contributed by atoms with van der Waals surface area (Å²) in [6, 6.07) is 3.62. The van der Waals surface area contributed by atoms with Crippen LogP contribution >= 0.6 is 0 Å². The van der Waals surface area contributed by atoms with Crippen LogP contribution in [0, 0.1) is 0 Å². The minimum Gasteiger partial charge on any atom is -0.383 e. The van der Waals surface area contributed by atoms with Crippen molar-refractivity contribution in [2.45, 2.75) is 13.0 Å². The predicted molar refractivity (Wildman–Crippen MR) is 77.1 cm³/mol. The SMILES string of the molecule is COCCNS(=O)(=O)N(CCCN)Cc1cccnc1. The van der Waals surface area contributed by atoms with Crippen molar-refractivity contribution in [1.82, 2.24) is 14.0 Å². The Kier molecular flexibility index (Phi) is 7.63. The second-order valence-electron chi connectivity index (χ2n) is 4.23. The van der Waals surface area contributed by atoms with Crippen LogP contribution in [-0.4, -0.2) is 51.1 Å². The molecule has 1 heterocycles. The third-order valence-electron chi connectivity index (χ3n) is 2.62. The molecule has 1 rings (SSSR count). The van der Waals surface area contributed by atoms with Crippen molar-refractivity contribution >= 4 is 10.2 Å². The molecule has 7 nitrogen and oxygen atoms in total.